The predicted octanol–water partition coefficient (Wildman–Crippen LogP) is 4.97. The lowest BCUT2D eigenvalue weighted by molar-refractivity contribution is 0.0758. The predicted molar refractivity (Wildman–Crippen MR) is 104 cm³/mol. The van der Waals surface area contributed by atoms with E-state index in [0.717, 1.165) is 29.1 Å². The average Bonchev–Trinajstić information content (AvgIpc) is 3.11. The molecule has 27 heavy (non-hydrogen) atoms. The molecule has 3 aromatic rings. The summed E-state index contributed by atoms with van der Waals surface area (Å²) in [6.07, 6.45) is 2.60. The zero-order valence-electron chi connectivity index (χ0n) is 16.1. The minimum Gasteiger partial charge on any atom is -0.487 e. The number of anilines is 1. The van der Waals surface area contributed by atoms with Gasteiger partial charge in [-0.15, -0.1) is 0 Å². The van der Waals surface area contributed by atoms with Crippen molar-refractivity contribution in [3.05, 3.63) is 54.0 Å². The van der Waals surface area contributed by atoms with E-state index in [1.165, 1.54) is 0 Å². The number of pyridine rings is 1. The van der Waals surface area contributed by atoms with E-state index in [-0.39, 0.29) is 17.6 Å². The Balaban J connectivity index is 1.61. The van der Waals surface area contributed by atoms with Gasteiger partial charge in [0.05, 0.1) is 6.04 Å². The fourth-order valence-corrected chi connectivity index (χ4v) is 3.34. The number of nitrogens with zero attached hydrogens (tertiary/aromatic N) is 3. The minimum atomic E-state index is -0.248. The van der Waals surface area contributed by atoms with Crippen molar-refractivity contribution < 1.29 is 9.26 Å². The Kier molecular flexibility index (Phi) is 4.34. The van der Waals surface area contributed by atoms with Crippen molar-refractivity contribution in [1.82, 2.24) is 15.1 Å². The van der Waals surface area contributed by atoms with Gasteiger partial charge in [-0.05, 0) is 32.0 Å². The van der Waals surface area contributed by atoms with Gasteiger partial charge in [0.2, 0.25) is 0 Å². The molecule has 0 aliphatic carbocycles. The van der Waals surface area contributed by atoms with E-state index in [1.54, 1.807) is 6.20 Å². The molecule has 1 atom stereocenters. The van der Waals surface area contributed by atoms with Gasteiger partial charge in [0.15, 0.2) is 5.82 Å². The molecule has 0 saturated carbocycles. The molecule has 1 aromatic carbocycles. The third kappa shape index (κ3) is 3.65. The van der Waals surface area contributed by atoms with E-state index < -0.39 is 0 Å². The number of nitrogens with one attached hydrogen (secondary N) is 1. The molecular weight excluding hydrogens is 340 g/mol. The summed E-state index contributed by atoms with van der Waals surface area (Å²) >= 11 is 0. The standard InChI is InChI=1S/C21H24N4O2/c1-13(2)19-24-20(27-25-19)14-9-10-22-18(11-14)23-16-12-21(3,4)26-17-8-6-5-7-15(16)17/h5-11,13,16H,12H2,1-4H3,(H,22,23). The fraction of sp³-hybridized carbons (Fsp3) is 0.381. The number of fused-ring (bicyclic) bond motifs is 1. The summed E-state index contributed by atoms with van der Waals surface area (Å²) in [7, 11) is 0. The zero-order valence-corrected chi connectivity index (χ0v) is 16.1. The highest BCUT2D eigenvalue weighted by Gasteiger charge is 2.33. The summed E-state index contributed by atoms with van der Waals surface area (Å²) in [5, 5.41) is 7.59. The van der Waals surface area contributed by atoms with Crippen LogP contribution in [0.5, 0.6) is 5.75 Å². The van der Waals surface area contributed by atoms with Crippen LogP contribution in [0.15, 0.2) is 47.1 Å². The minimum absolute atomic E-state index is 0.113. The van der Waals surface area contributed by atoms with Gasteiger partial charge >= 0.3 is 0 Å². The van der Waals surface area contributed by atoms with Gasteiger partial charge in [-0.2, -0.15) is 4.98 Å². The van der Waals surface area contributed by atoms with Crippen LogP contribution in [0.2, 0.25) is 0 Å². The Labute approximate surface area is 159 Å². The smallest absolute Gasteiger partial charge is 0.258 e. The second-order valence-electron chi connectivity index (χ2n) is 7.84. The summed E-state index contributed by atoms with van der Waals surface area (Å²) in [6.45, 7) is 8.29. The number of aromatic nitrogens is 3. The van der Waals surface area contributed by atoms with E-state index in [0.29, 0.717) is 11.7 Å². The van der Waals surface area contributed by atoms with Gasteiger partial charge < -0.3 is 14.6 Å². The first-order chi connectivity index (χ1) is 12.9. The third-order valence-corrected chi connectivity index (χ3v) is 4.66. The van der Waals surface area contributed by atoms with Crippen LogP contribution in [-0.2, 0) is 0 Å². The van der Waals surface area contributed by atoms with E-state index in [4.69, 9.17) is 9.26 Å². The molecule has 0 spiro atoms. The fourth-order valence-electron chi connectivity index (χ4n) is 3.34. The topological polar surface area (TPSA) is 73.1 Å². The summed E-state index contributed by atoms with van der Waals surface area (Å²) < 4.78 is 11.5. The van der Waals surface area contributed by atoms with Crippen molar-refractivity contribution in [3.8, 4) is 17.2 Å². The van der Waals surface area contributed by atoms with Crippen molar-refractivity contribution in [1.29, 1.82) is 0 Å². The molecule has 0 saturated heterocycles. The lowest BCUT2D eigenvalue weighted by Crippen LogP contribution is -2.37. The molecule has 3 heterocycles. The molecule has 0 amide bonds. The molecular formula is C21H24N4O2. The molecule has 6 heteroatoms. The normalized spacial score (nSPS) is 18.0. The van der Waals surface area contributed by atoms with Crippen molar-refractivity contribution in [2.45, 2.75) is 51.7 Å². The first-order valence-electron chi connectivity index (χ1n) is 9.26. The monoisotopic (exact) mass is 364 g/mol. The van der Waals surface area contributed by atoms with E-state index in [1.807, 2.05) is 44.2 Å². The molecule has 0 bridgehead atoms. The summed E-state index contributed by atoms with van der Waals surface area (Å²) in [4.78, 5) is 8.95. The van der Waals surface area contributed by atoms with Crippen LogP contribution >= 0.6 is 0 Å². The Morgan fingerprint density at radius 3 is 2.78 bits per heavy atom. The first-order valence-corrected chi connectivity index (χ1v) is 9.26. The van der Waals surface area contributed by atoms with Crippen molar-refractivity contribution in [2.24, 2.45) is 0 Å². The van der Waals surface area contributed by atoms with Gasteiger partial charge in [-0.25, -0.2) is 4.98 Å². The Morgan fingerprint density at radius 2 is 2.00 bits per heavy atom. The Hall–Kier alpha value is -2.89. The molecule has 1 N–H and O–H groups in total. The number of benzene rings is 1. The highest BCUT2D eigenvalue weighted by Crippen LogP contribution is 2.40. The van der Waals surface area contributed by atoms with Gasteiger partial charge in [0.1, 0.15) is 17.2 Å². The number of para-hydroxylation sites is 1. The van der Waals surface area contributed by atoms with E-state index in [9.17, 15) is 0 Å². The van der Waals surface area contributed by atoms with Crippen LogP contribution in [-0.4, -0.2) is 20.7 Å². The van der Waals surface area contributed by atoms with Crippen molar-refractivity contribution >= 4 is 5.82 Å². The molecule has 140 valence electrons. The molecule has 0 fully saturated rings. The lowest BCUT2D eigenvalue weighted by atomic mass is 9.89. The molecule has 1 aliphatic heterocycles. The Bertz CT molecular complexity index is 949. The number of hydrogen-bond donors (Lipinski definition) is 1. The van der Waals surface area contributed by atoms with Crippen LogP contribution in [0.25, 0.3) is 11.5 Å². The lowest BCUT2D eigenvalue weighted by Gasteiger charge is -2.38. The summed E-state index contributed by atoms with van der Waals surface area (Å²) in [6, 6.07) is 12.1. The van der Waals surface area contributed by atoms with Crippen LogP contribution in [0.4, 0.5) is 5.82 Å². The van der Waals surface area contributed by atoms with E-state index >= 15 is 0 Å². The molecule has 2 aromatic heterocycles. The van der Waals surface area contributed by atoms with Gasteiger partial charge in [0.25, 0.3) is 5.89 Å². The Morgan fingerprint density at radius 1 is 1.19 bits per heavy atom. The highest BCUT2D eigenvalue weighted by atomic mass is 16.5. The second-order valence-corrected chi connectivity index (χ2v) is 7.84. The SMILES string of the molecule is CC(C)c1noc(-c2ccnc(NC3CC(C)(C)Oc4ccccc43)c2)n1. The second kappa shape index (κ2) is 6.68. The summed E-state index contributed by atoms with van der Waals surface area (Å²) in [5.74, 6) is 3.13. The summed E-state index contributed by atoms with van der Waals surface area (Å²) in [5.41, 5.74) is 1.75. The van der Waals surface area contributed by atoms with Crippen molar-refractivity contribution in [3.63, 3.8) is 0 Å². The van der Waals surface area contributed by atoms with Crippen molar-refractivity contribution in [2.75, 3.05) is 5.32 Å². The first kappa shape index (κ1) is 17.5. The quantitative estimate of drug-likeness (QED) is 0.705. The number of hydrogen-bond acceptors (Lipinski definition) is 6. The van der Waals surface area contributed by atoms with E-state index in [2.05, 4.69) is 40.4 Å². The largest absolute Gasteiger partial charge is 0.487 e. The van der Waals surface area contributed by atoms with Crippen LogP contribution in [0.1, 0.15) is 57.5 Å². The number of ether oxygens (including phenoxy) is 1. The van der Waals surface area contributed by atoms with Gasteiger partial charge in [0, 0.05) is 29.7 Å². The maximum atomic E-state index is 6.11. The molecule has 6 nitrogen and oxygen atoms in total. The highest BCUT2D eigenvalue weighted by molar-refractivity contribution is 5.58. The van der Waals surface area contributed by atoms with Crippen LogP contribution < -0.4 is 10.1 Å². The maximum Gasteiger partial charge on any atom is 0.258 e. The molecule has 0 radical (unpaired) electrons. The average molecular weight is 364 g/mol. The molecule has 4 rings (SSSR count). The molecule has 1 unspecified atom stereocenters. The third-order valence-electron chi connectivity index (χ3n) is 4.66. The van der Waals surface area contributed by atoms with Gasteiger partial charge in [-0.3, -0.25) is 0 Å². The molecule has 1 aliphatic rings. The van der Waals surface area contributed by atoms with Crippen LogP contribution in [0.3, 0.4) is 0 Å². The number of rotatable bonds is 4. The maximum absolute atomic E-state index is 6.11. The van der Waals surface area contributed by atoms with Gasteiger partial charge in [-0.1, -0.05) is 37.2 Å². The zero-order chi connectivity index (χ0) is 19.0. The van der Waals surface area contributed by atoms with Crippen LogP contribution in [0, 0.1) is 0 Å².